The number of aryl methyl sites for hydroxylation is 1. The second kappa shape index (κ2) is 14.1. The molecule has 4 rings (SSSR count). The number of amides is 2. The summed E-state index contributed by atoms with van der Waals surface area (Å²) in [5.74, 6) is 0.221. The average Bonchev–Trinajstić information content (AvgIpc) is 2.93. The number of rotatable bonds is 11. The topological polar surface area (TPSA) is 49.4 Å². The van der Waals surface area contributed by atoms with Crippen LogP contribution in [0.5, 0.6) is 0 Å². The van der Waals surface area contributed by atoms with Crippen molar-refractivity contribution in [2.24, 2.45) is 0 Å². The zero-order valence-corrected chi connectivity index (χ0v) is 22.9. The summed E-state index contributed by atoms with van der Waals surface area (Å²) in [5.41, 5.74) is 3.75. The van der Waals surface area contributed by atoms with Crippen molar-refractivity contribution in [2.45, 2.75) is 69.8 Å². The van der Waals surface area contributed by atoms with Gasteiger partial charge in [-0.2, -0.15) is 0 Å². The van der Waals surface area contributed by atoms with Crippen LogP contribution >= 0.6 is 11.8 Å². The van der Waals surface area contributed by atoms with Crippen LogP contribution in [0.15, 0.2) is 78.9 Å². The smallest absolute Gasteiger partial charge is 0.243 e. The highest BCUT2D eigenvalue weighted by Crippen LogP contribution is 2.22. The highest BCUT2D eigenvalue weighted by molar-refractivity contribution is 7.99. The van der Waals surface area contributed by atoms with Crippen molar-refractivity contribution in [1.29, 1.82) is 0 Å². The van der Waals surface area contributed by atoms with Gasteiger partial charge in [0.15, 0.2) is 0 Å². The van der Waals surface area contributed by atoms with E-state index in [-0.39, 0.29) is 36.0 Å². The first-order valence-electron chi connectivity index (χ1n) is 13.5. The van der Waals surface area contributed by atoms with Gasteiger partial charge in [0.1, 0.15) is 11.9 Å². The summed E-state index contributed by atoms with van der Waals surface area (Å²) >= 11 is 1.53. The molecule has 0 spiro atoms. The molecule has 0 aromatic heterocycles. The van der Waals surface area contributed by atoms with Gasteiger partial charge in [-0.15, -0.1) is 11.8 Å². The van der Waals surface area contributed by atoms with E-state index in [1.165, 1.54) is 35.4 Å². The first-order chi connectivity index (χ1) is 18.5. The fourth-order valence-electron chi connectivity index (χ4n) is 5.01. The van der Waals surface area contributed by atoms with E-state index in [0.29, 0.717) is 17.7 Å². The lowest BCUT2D eigenvalue weighted by Gasteiger charge is -2.33. The lowest BCUT2D eigenvalue weighted by molar-refractivity contribution is -0.139. The maximum absolute atomic E-state index is 14.8. The van der Waals surface area contributed by atoms with Crippen molar-refractivity contribution >= 4 is 23.6 Å². The predicted octanol–water partition coefficient (Wildman–Crippen LogP) is 6.46. The maximum atomic E-state index is 14.8. The van der Waals surface area contributed by atoms with Gasteiger partial charge in [0, 0.05) is 30.3 Å². The quantitative estimate of drug-likeness (QED) is 0.309. The number of hydrogen-bond acceptors (Lipinski definition) is 3. The normalized spacial score (nSPS) is 14.6. The third-order valence-electron chi connectivity index (χ3n) is 7.27. The van der Waals surface area contributed by atoms with Crippen LogP contribution in [-0.2, 0) is 28.3 Å². The van der Waals surface area contributed by atoms with Crippen LogP contribution < -0.4 is 5.32 Å². The van der Waals surface area contributed by atoms with E-state index in [1.807, 2.05) is 42.5 Å². The van der Waals surface area contributed by atoms with Crippen LogP contribution in [0.1, 0.15) is 54.4 Å². The molecule has 1 N–H and O–H groups in total. The molecule has 1 fully saturated rings. The standard InChI is InChI=1S/C32H37FN2O2S/c1-24-12-8-9-16-27(24)22-38-23-31(36)35(21-26-15-10-11-19-29(26)33)30(20-25-13-4-2-5-14-25)32(37)34-28-17-6-3-7-18-28/h2,4-5,8-16,19,28,30H,3,6-7,17-18,20-23H2,1H3,(H,34,37). The molecule has 0 saturated heterocycles. The van der Waals surface area contributed by atoms with Gasteiger partial charge in [-0.1, -0.05) is 92.1 Å². The Bertz CT molecular complexity index is 1200. The van der Waals surface area contributed by atoms with Crippen molar-refractivity contribution < 1.29 is 14.0 Å². The molecule has 3 aromatic rings. The molecule has 0 bridgehead atoms. The van der Waals surface area contributed by atoms with Crippen LogP contribution in [0.25, 0.3) is 0 Å². The molecule has 1 atom stereocenters. The molecule has 6 heteroatoms. The van der Waals surface area contributed by atoms with Gasteiger partial charge in [-0.05, 0) is 42.5 Å². The molecule has 1 aliphatic rings. The molecule has 3 aromatic carbocycles. The second-order valence-corrected chi connectivity index (χ2v) is 11.1. The molecule has 0 heterocycles. The third-order valence-corrected chi connectivity index (χ3v) is 8.23. The fraction of sp³-hybridized carbons (Fsp3) is 0.375. The van der Waals surface area contributed by atoms with Gasteiger partial charge in [-0.25, -0.2) is 4.39 Å². The van der Waals surface area contributed by atoms with Crippen molar-refractivity contribution in [1.82, 2.24) is 10.2 Å². The molecular formula is C32H37FN2O2S. The van der Waals surface area contributed by atoms with E-state index >= 15 is 0 Å². The van der Waals surface area contributed by atoms with Gasteiger partial charge < -0.3 is 10.2 Å². The summed E-state index contributed by atoms with van der Waals surface area (Å²) < 4.78 is 14.8. The molecule has 1 saturated carbocycles. The minimum absolute atomic E-state index is 0.0476. The van der Waals surface area contributed by atoms with Crippen LogP contribution in [0.2, 0.25) is 0 Å². The Morgan fingerprint density at radius 3 is 2.29 bits per heavy atom. The van der Waals surface area contributed by atoms with Crippen LogP contribution in [0.3, 0.4) is 0 Å². The molecule has 0 radical (unpaired) electrons. The lowest BCUT2D eigenvalue weighted by Crippen LogP contribution is -2.53. The summed E-state index contributed by atoms with van der Waals surface area (Å²) in [4.78, 5) is 29.1. The average molecular weight is 533 g/mol. The molecule has 4 nitrogen and oxygen atoms in total. The van der Waals surface area contributed by atoms with E-state index in [4.69, 9.17) is 0 Å². The molecular weight excluding hydrogens is 495 g/mol. The number of halogens is 1. The highest BCUT2D eigenvalue weighted by atomic mass is 32.2. The molecule has 2 amide bonds. The first kappa shape index (κ1) is 27.9. The zero-order valence-electron chi connectivity index (χ0n) is 22.1. The summed E-state index contributed by atoms with van der Waals surface area (Å²) in [7, 11) is 0. The van der Waals surface area contributed by atoms with Gasteiger partial charge in [0.2, 0.25) is 11.8 Å². The van der Waals surface area contributed by atoms with Gasteiger partial charge in [0.05, 0.1) is 5.75 Å². The largest absolute Gasteiger partial charge is 0.352 e. The SMILES string of the molecule is Cc1ccccc1CSCC(=O)N(Cc1ccccc1F)C(Cc1ccccc1)C(=O)NC1CCCCC1. The number of hydrogen-bond donors (Lipinski definition) is 1. The highest BCUT2D eigenvalue weighted by Gasteiger charge is 2.32. The van der Waals surface area contributed by atoms with Crippen LogP contribution in [0, 0.1) is 12.7 Å². The number of nitrogens with one attached hydrogen (secondary N) is 1. The summed E-state index contributed by atoms with van der Waals surface area (Å²) in [6, 6.07) is 23.8. The van der Waals surface area contributed by atoms with E-state index in [9.17, 15) is 14.0 Å². The summed E-state index contributed by atoms with van der Waals surface area (Å²) in [6.45, 7) is 2.11. The maximum Gasteiger partial charge on any atom is 0.243 e. The number of thioether (sulfide) groups is 1. The Morgan fingerprint density at radius 1 is 0.921 bits per heavy atom. The van der Waals surface area contributed by atoms with Gasteiger partial charge in [0.25, 0.3) is 0 Å². The third kappa shape index (κ3) is 7.94. The van der Waals surface area contributed by atoms with E-state index in [0.717, 1.165) is 31.2 Å². The van der Waals surface area contributed by atoms with Crippen molar-refractivity contribution in [3.8, 4) is 0 Å². The van der Waals surface area contributed by atoms with E-state index in [2.05, 4.69) is 24.4 Å². The second-order valence-electron chi connectivity index (χ2n) is 10.1. The number of carbonyl (C=O) groups is 2. The summed E-state index contributed by atoms with van der Waals surface area (Å²) in [6.07, 6.45) is 5.68. The van der Waals surface area contributed by atoms with Crippen LogP contribution in [-0.4, -0.2) is 34.6 Å². The first-order valence-corrected chi connectivity index (χ1v) is 14.7. The molecule has 0 aliphatic heterocycles. The molecule has 38 heavy (non-hydrogen) atoms. The predicted molar refractivity (Wildman–Crippen MR) is 153 cm³/mol. The number of benzene rings is 3. The van der Waals surface area contributed by atoms with E-state index < -0.39 is 6.04 Å². The zero-order chi connectivity index (χ0) is 26.7. The van der Waals surface area contributed by atoms with Crippen molar-refractivity contribution in [3.63, 3.8) is 0 Å². The van der Waals surface area contributed by atoms with Crippen molar-refractivity contribution in [3.05, 3.63) is 107 Å². The fourth-order valence-corrected chi connectivity index (χ4v) is 6.00. The van der Waals surface area contributed by atoms with Gasteiger partial charge >= 0.3 is 0 Å². The molecule has 200 valence electrons. The van der Waals surface area contributed by atoms with E-state index in [1.54, 1.807) is 23.1 Å². The Kier molecular flexibility index (Phi) is 10.4. The van der Waals surface area contributed by atoms with Gasteiger partial charge in [-0.3, -0.25) is 9.59 Å². The van der Waals surface area contributed by atoms with Crippen molar-refractivity contribution in [2.75, 3.05) is 5.75 Å². The number of carbonyl (C=O) groups excluding carboxylic acids is 2. The lowest BCUT2D eigenvalue weighted by atomic mass is 9.94. The monoisotopic (exact) mass is 532 g/mol. The summed E-state index contributed by atoms with van der Waals surface area (Å²) in [5, 5.41) is 3.23. The number of nitrogens with zero attached hydrogens (tertiary/aromatic N) is 1. The Hall–Kier alpha value is -3.12. The minimum Gasteiger partial charge on any atom is -0.352 e. The molecule has 1 aliphatic carbocycles. The van der Waals surface area contributed by atoms with Crippen LogP contribution in [0.4, 0.5) is 4.39 Å². The minimum atomic E-state index is -0.731. The molecule has 1 unspecified atom stereocenters. The Balaban J connectivity index is 1.58. The Labute approximate surface area is 230 Å². The Morgan fingerprint density at radius 2 is 1.58 bits per heavy atom.